The predicted molar refractivity (Wildman–Crippen MR) is 50.5 cm³/mol. The van der Waals surface area contributed by atoms with Crippen LogP contribution < -0.4 is 10.2 Å². The van der Waals surface area contributed by atoms with Gasteiger partial charge in [-0.25, -0.2) is 4.98 Å². The van der Waals surface area contributed by atoms with Gasteiger partial charge in [0.1, 0.15) is 5.82 Å². The first-order chi connectivity index (χ1) is 5.74. The molecule has 1 N–H and O–H groups in total. The van der Waals surface area contributed by atoms with Crippen LogP contribution in [0.3, 0.4) is 0 Å². The monoisotopic (exact) mass is 166 g/mol. The molecule has 1 aromatic rings. The molecular weight excluding hydrogens is 152 g/mol. The van der Waals surface area contributed by atoms with Gasteiger partial charge in [-0.15, -0.1) is 0 Å². The zero-order chi connectivity index (χ0) is 8.97. The van der Waals surface area contributed by atoms with Gasteiger partial charge in [0.2, 0.25) is 5.95 Å². The summed E-state index contributed by atoms with van der Waals surface area (Å²) in [4.78, 5) is 10.3. The van der Waals surface area contributed by atoms with Crippen LogP contribution in [-0.4, -0.2) is 30.6 Å². The van der Waals surface area contributed by atoms with E-state index in [1.54, 1.807) is 6.20 Å². The lowest BCUT2D eigenvalue weighted by Gasteiger charge is -2.11. The van der Waals surface area contributed by atoms with Crippen LogP contribution in [0, 0.1) is 0 Å². The molecule has 66 valence electrons. The molecule has 1 rings (SSSR count). The predicted octanol–water partition coefficient (Wildman–Crippen LogP) is 0.974. The van der Waals surface area contributed by atoms with Crippen molar-refractivity contribution in [1.82, 2.24) is 9.97 Å². The van der Waals surface area contributed by atoms with E-state index in [9.17, 15) is 0 Å². The Morgan fingerprint density at radius 3 is 2.83 bits per heavy atom. The summed E-state index contributed by atoms with van der Waals surface area (Å²) in [6.07, 6.45) is 1.75. The van der Waals surface area contributed by atoms with E-state index in [-0.39, 0.29) is 0 Å². The van der Waals surface area contributed by atoms with E-state index < -0.39 is 0 Å². The molecule has 0 bridgehead atoms. The van der Waals surface area contributed by atoms with Gasteiger partial charge < -0.3 is 10.2 Å². The minimum absolute atomic E-state index is 0.684. The topological polar surface area (TPSA) is 41.1 Å². The maximum absolute atomic E-state index is 4.27. The molecule has 1 heterocycles. The Balaban J connectivity index is 2.81. The quantitative estimate of drug-likeness (QED) is 0.726. The summed E-state index contributed by atoms with van der Waals surface area (Å²) in [5, 5.41) is 3.05. The fraction of sp³-hybridized carbons (Fsp3) is 0.500. The van der Waals surface area contributed by atoms with E-state index >= 15 is 0 Å². The van der Waals surface area contributed by atoms with Gasteiger partial charge in [-0.3, -0.25) is 0 Å². The number of nitrogens with zero attached hydrogens (tertiary/aromatic N) is 3. The highest BCUT2D eigenvalue weighted by molar-refractivity contribution is 5.40. The first-order valence-corrected chi connectivity index (χ1v) is 3.98. The Labute approximate surface area is 72.6 Å². The van der Waals surface area contributed by atoms with E-state index in [0.29, 0.717) is 5.95 Å². The third kappa shape index (κ3) is 2.08. The molecule has 4 heteroatoms. The first kappa shape index (κ1) is 8.77. The average Bonchev–Trinajstić information content (AvgIpc) is 2.05. The highest BCUT2D eigenvalue weighted by Crippen LogP contribution is 2.07. The van der Waals surface area contributed by atoms with Crippen molar-refractivity contribution >= 4 is 11.8 Å². The Bertz CT molecular complexity index is 247. The van der Waals surface area contributed by atoms with E-state index in [0.717, 1.165) is 12.4 Å². The Hall–Kier alpha value is -1.32. The van der Waals surface area contributed by atoms with Gasteiger partial charge in [0.05, 0.1) is 0 Å². The van der Waals surface area contributed by atoms with Gasteiger partial charge in [0, 0.05) is 26.8 Å². The Kier molecular flexibility index (Phi) is 2.85. The van der Waals surface area contributed by atoms with E-state index in [4.69, 9.17) is 0 Å². The molecule has 0 spiro atoms. The summed E-state index contributed by atoms with van der Waals surface area (Å²) >= 11 is 0. The zero-order valence-electron chi connectivity index (χ0n) is 7.70. The number of aromatic nitrogens is 2. The molecule has 0 saturated heterocycles. The maximum Gasteiger partial charge on any atom is 0.224 e. The van der Waals surface area contributed by atoms with Gasteiger partial charge in [0.25, 0.3) is 0 Å². The van der Waals surface area contributed by atoms with Crippen LogP contribution in [0.4, 0.5) is 11.8 Å². The van der Waals surface area contributed by atoms with Crippen LogP contribution in [-0.2, 0) is 0 Å². The molecule has 0 saturated carbocycles. The molecule has 0 aliphatic rings. The number of rotatable bonds is 3. The minimum Gasteiger partial charge on any atom is -0.363 e. The molecule has 0 fully saturated rings. The smallest absolute Gasteiger partial charge is 0.224 e. The van der Waals surface area contributed by atoms with Crippen molar-refractivity contribution in [2.45, 2.75) is 6.92 Å². The first-order valence-electron chi connectivity index (χ1n) is 3.98. The average molecular weight is 166 g/mol. The van der Waals surface area contributed by atoms with Gasteiger partial charge >= 0.3 is 0 Å². The lowest BCUT2D eigenvalue weighted by Crippen LogP contribution is -2.12. The molecule has 4 nitrogen and oxygen atoms in total. The van der Waals surface area contributed by atoms with E-state index in [1.807, 2.05) is 32.0 Å². The van der Waals surface area contributed by atoms with Crippen LogP contribution in [0.2, 0.25) is 0 Å². The molecule has 0 aromatic carbocycles. The highest BCUT2D eigenvalue weighted by atomic mass is 15.2. The number of anilines is 2. The maximum atomic E-state index is 4.27. The van der Waals surface area contributed by atoms with Crippen LogP contribution in [0.1, 0.15) is 6.92 Å². The number of nitrogens with one attached hydrogen (secondary N) is 1. The highest BCUT2D eigenvalue weighted by Gasteiger charge is 1.98. The Morgan fingerprint density at radius 2 is 2.25 bits per heavy atom. The van der Waals surface area contributed by atoms with E-state index in [2.05, 4.69) is 15.3 Å². The molecule has 0 atom stereocenters. The van der Waals surface area contributed by atoms with Crippen molar-refractivity contribution in [3.63, 3.8) is 0 Å². The largest absolute Gasteiger partial charge is 0.363 e. The molecule has 0 amide bonds. The van der Waals surface area contributed by atoms with Gasteiger partial charge in [-0.2, -0.15) is 4.98 Å². The fourth-order valence-corrected chi connectivity index (χ4v) is 0.842. The third-order valence-electron chi connectivity index (χ3n) is 1.43. The van der Waals surface area contributed by atoms with E-state index in [1.165, 1.54) is 0 Å². The second-order valence-electron chi connectivity index (χ2n) is 2.66. The van der Waals surface area contributed by atoms with Crippen molar-refractivity contribution in [3.05, 3.63) is 12.3 Å². The molecular formula is C8H14N4. The minimum atomic E-state index is 0.684. The summed E-state index contributed by atoms with van der Waals surface area (Å²) in [6.45, 7) is 2.86. The third-order valence-corrected chi connectivity index (χ3v) is 1.43. The normalized spacial score (nSPS) is 9.58. The standard InChI is InChI=1S/C8H14N4/c1-4-9-8-10-6-5-7(11-8)12(2)3/h5-6H,4H2,1-3H3,(H,9,10,11). The Morgan fingerprint density at radius 1 is 1.50 bits per heavy atom. The number of hydrogen-bond donors (Lipinski definition) is 1. The molecule has 0 radical (unpaired) electrons. The second kappa shape index (κ2) is 3.90. The van der Waals surface area contributed by atoms with Crippen LogP contribution in [0.15, 0.2) is 12.3 Å². The summed E-state index contributed by atoms with van der Waals surface area (Å²) < 4.78 is 0. The molecule has 0 aliphatic heterocycles. The lowest BCUT2D eigenvalue weighted by molar-refractivity contribution is 1.02. The van der Waals surface area contributed by atoms with Crippen LogP contribution in [0.25, 0.3) is 0 Å². The fourth-order valence-electron chi connectivity index (χ4n) is 0.842. The van der Waals surface area contributed by atoms with Crippen molar-refractivity contribution in [2.24, 2.45) is 0 Å². The van der Waals surface area contributed by atoms with Crippen LogP contribution >= 0.6 is 0 Å². The second-order valence-corrected chi connectivity index (χ2v) is 2.66. The molecule has 0 unspecified atom stereocenters. The lowest BCUT2D eigenvalue weighted by atomic mass is 10.5. The zero-order valence-corrected chi connectivity index (χ0v) is 7.70. The van der Waals surface area contributed by atoms with Gasteiger partial charge in [-0.1, -0.05) is 0 Å². The SMILES string of the molecule is CCNc1nccc(N(C)C)n1. The van der Waals surface area contributed by atoms with Crippen molar-refractivity contribution in [1.29, 1.82) is 0 Å². The number of hydrogen-bond acceptors (Lipinski definition) is 4. The van der Waals surface area contributed by atoms with Gasteiger partial charge in [0.15, 0.2) is 0 Å². The summed E-state index contributed by atoms with van der Waals surface area (Å²) in [5.41, 5.74) is 0. The summed E-state index contributed by atoms with van der Waals surface area (Å²) in [7, 11) is 3.91. The van der Waals surface area contributed by atoms with Gasteiger partial charge in [-0.05, 0) is 13.0 Å². The van der Waals surface area contributed by atoms with Crippen LogP contribution in [0.5, 0.6) is 0 Å². The summed E-state index contributed by atoms with van der Waals surface area (Å²) in [6, 6.07) is 1.88. The van der Waals surface area contributed by atoms with Crippen molar-refractivity contribution in [3.8, 4) is 0 Å². The van der Waals surface area contributed by atoms with Crippen molar-refractivity contribution in [2.75, 3.05) is 30.9 Å². The summed E-state index contributed by atoms with van der Waals surface area (Å²) in [5.74, 6) is 1.60. The van der Waals surface area contributed by atoms with Crippen molar-refractivity contribution < 1.29 is 0 Å². The molecule has 0 aliphatic carbocycles. The molecule has 1 aromatic heterocycles. The molecule has 12 heavy (non-hydrogen) atoms.